The molecule has 0 saturated carbocycles. The van der Waals surface area contributed by atoms with Crippen LogP contribution in [-0.4, -0.2) is 40.0 Å². The molecule has 1 aromatic carbocycles. The van der Waals surface area contributed by atoms with Gasteiger partial charge in [0.1, 0.15) is 11.6 Å². The minimum atomic E-state index is -0.356. The van der Waals surface area contributed by atoms with Gasteiger partial charge in [-0.3, -0.25) is 4.79 Å². The maximum absolute atomic E-state index is 12.9. The quantitative estimate of drug-likeness (QED) is 0.585. The van der Waals surface area contributed by atoms with Gasteiger partial charge >= 0.3 is 5.97 Å². The summed E-state index contributed by atoms with van der Waals surface area (Å²) in [5, 5.41) is 0.908. The van der Waals surface area contributed by atoms with Crippen molar-refractivity contribution >= 4 is 33.4 Å². The minimum absolute atomic E-state index is 0.0380. The van der Waals surface area contributed by atoms with Gasteiger partial charge in [-0.15, -0.1) is 11.3 Å². The third kappa shape index (κ3) is 3.80. The first kappa shape index (κ1) is 20.1. The number of likely N-dealkylation sites (N-methyl/N-ethyl adjacent to an activating group) is 1. The number of nitrogens with zero attached hydrogens (tertiary/aromatic N) is 3. The van der Waals surface area contributed by atoms with Gasteiger partial charge in [-0.25, -0.2) is 9.78 Å². The number of rotatable bonds is 6. The highest BCUT2D eigenvalue weighted by Crippen LogP contribution is 2.29. The smallest absolute Gasteiger partial charge is 0.339 e. The van der Waals surface area contributed by atoms with E-state index in [1.54, 1.807) is 36.3 Å². The molecule has 3 rings (SSSR count). The van der Waals surface area contributed by atoms with Crippen LogP contribution in [0.5, 0.6) is 0 Å². The zero-order valence-electron chi connectivity index (χ0n) is 16.9. The molecule has 1 atom stereocenters. The number of fused-ring (bicyclic) bond motifs is 1. The molecule has 0 aliphatic heterocycles. The summed E-state index contributed by atoms with van der Waals surface area (Å²) in [6, 6.07) is 9.61. The van der Waals surface area contributed by atoms with Crippen molar-refractivity contribution in [2.75, 3.05) is 13.7 Å². The Balaban J connectivity index is 1.77. The highest BCUT2D eigenvalue weighted by Gasteiger charge is 2.23. The number of benzene rings is 1. The summed E-state index contributed by atoms with van der Waals surface area (Å²) < 4.78 is 8.07. The van der Waals surface area contributed by atoms with Crippen LogP contribution in [-0.2, 0) is 16.1 Å². The molecule has 0 aliphatic carbocycles. The Morgan fingerprint density at radius 1 is 1.29 bits per heavy atom. The zero-order chi connectivity index (χ0) is 20.4. The fourth-order valence-corrected chi connectivity index (χ4v) is 4.22. The summed E-state index contributed by atoms with van der Waals surface area (Å²) in [5.41, 5.74) is 3.06. The minimum Gasteiger partial charge on any atom is -0.462 e. The Morgan fingerprint density at radius 2 is 2.00 bits per heavy atom. The van der Waals surface area contributed by atoms with Crippen LogP contribution >= 0.6 is 11.3 Å². The summed E-state index contributed by atoms with van der Waals surface area (Å²) in [5.74, 6) is -0.394. The Kier molecular flexibility index (Phi) is 5.84. The molecule has 0 saturated heterocycles. The van der Waals surface area contributed by atoms with Gasteiger partial charge in [-0.05, 0) is 45.9 Å². The first-order chi connectivity index (χ1) is 13.3. The number of carbonyl (C=O) groups excluding carboxylic acids is 2. The molecule has 6 nitrogen and oxygen atoms in total. The molecular formula is C21H25N3O3S. The Labute approximate surface area is 168 Å². The largest absolute Gasteiger partial charge is 0.462 e. The van der Waals surface area contributed by atoms with E-state index in [9.17, 15) is 9.59 Å². The van der Waals surface area contributed by atoms with Gasteiger partial charge in [-0.1, -0.05) is 12.1 Å². The molecule has 0 radical (unpaired) electrons. The second-order valence-corrected chi connectivity index (χ2v) is 7.85. The van der Waals surface area contributed by atoms with E-state index >= 15 is 0 Å². The molecule has 0 fully saturated rings. The maximum atomic E-state index is 12.9. The standard InChI is InChI=1S/C21H25N3O3S/c1-6-27-21(26)16-11-13(2)24(14(16)3)12-19(25)23(5)15(4)20-22-17-9-7-8-10-18(17)28-20/h7-11,15H,6,12H2,1-5H3/t15-/m0/s1. The van der Waals surface area contributed by atoms with Crippen molar-refractivity contribution in [1.82, 2.24) is 14.5 Å². The number of carbonyl (C=O) groups is 2. The zero-order valence-corrected chi connectivity index (χ0v) is 17.7. The SMILES string of the molecule is CCOC(=O)c1cc(C)n(CC(=O)N(C)[C@@H](C)c2nc3ccccc3s2)c1C. The molecule has 7 heteroatoms. The summed E-state index contributed by atoms with van der Waals surface area (Å²) >= 11 is 1.60. The number of para-hydroxylation sites is 1. The molecule has 0 spiro atoms. The number of ether oxygens (including phenoxy) is 1. The van der Waals surface area contributed by atoms with E-state index in [-0.39, 0.29) is 24.5 Å². The van der Waals surface area contributed by atoms with E-state index in [1.165, 1.54) is 0 Å². The van der Waals surface area contributed by atoms with Crippen LogP contribution in [0.1, 0.15) is 46.6 Å². The van der Waals surface area contributed by atoms with Crippen LogP contribution in [0.25, 0.3) is 10.2 Å². The fraction of sp³-hybridized carbons (Fsp3) is 0.381. The van der Waals surface area contributed by atoms with Crippen molar-refractivity contribution < 1.29 is 14.3 Å². The van der Waals surface area contributed by atoms with E-state index in [1.807, 2.05) is 49.6 Å². The van der Waals surface area contributed by atoms with E-state index in [0.717, 1.165) is 26.6 Å². The number of thiazole rings is 1. The van der Waals surface area contributed by atoms with Gasteiger partial charge in [0.15, 0.2) is 0 Å². The lowest BCUT2D eigenvalue weighted by Crippen LogP contribution is -2.33. The van der Waals surface area contributed by atoms with E-state index < -0.39 is 0 Å². The van der Waals surface area contributed by atoms with Crippen LogP contribution in [0.4, 0.5) is 0 Å². The number of hydrogen-bond acceptors (Lipinski definition) is 5. The van der Waals surface area contributed by atoms with Crippen molar-refractivity contribution in [3.8, 4) is 0 Å². The third-order valence-corrected chi connectivity index (χ3v) is 6.21. The second-order valence-electron chi connectivity index (χ2n) is 6.79. The Bertz CT molecular complexity index is 988. The molecule has 0 aliphatic rings. The topological polar surface area (TPSA) is 64.4 Å². The molecule has 3 aromatic rings. The first-order valence-electron chi connectivity index (χ1n) is 9.28. The number of esters is 1. The third-order valence-electron chi connectivity index (χ3n) is 5.00. The van der Waals surface area contributed by atoms with E-state index in [0.29, 0.717) is 12.2 Å². The molecule has 2 heterocycles. The van der Waals surface area contributed by atoms with Gasteiger partial charge in [0, 0.05) is 18.4 Å². The monoisotopic (exact) mass is 399 g/mol. The molecule has 0 bridgehead atoms. The van der Waals surface area contributed by atoms with E-state index in [4.69, 9.17) is 4.74 Å². The number of aryl methyl sites for hydroxylation is 1. The van der Waals surface area contributed by atoms with Gasteiger partial charge in [0.25, 0.3) is 0 Å². The molecule has 2 aromatic heterocycles. The van der Waals surface area contributed by atoms with Crippen molar-refractivity contribution in [3.05, 3.63) is 52.3 Å². The van der Waals surface area contributed by atoms with Gasteiger partial charge in [-0.2, -0.15) is 0 Å². The summed E-state index contributed by atoms with van der Waals surface area (Å²) in [6.45, 7) is 7.98. The molecule has 0 unspecified atom stereocenters. The first-order valence-corrected chi connectivity index (χ1v) is 10.1. The van der Waals surface area contributed by atoms with Gasteiger partial charge in [0.05, 0.1) is 28.4 Å². The molecule has 1 amide bonds. The maximum Gasteiger partial charge on any atom is 0.339 e. The number of hydrogen-bond donors (Lipinski definition) is 0. The average molecular weight is 400 g/mol. The lowest BCUT2D eigenvalue weighted by Gasteiger charge is -2.24. The van der Waals surface area contributed by atoms with Crippen molar-refractivity contribution in [2.24, 2.45) is 0 Å². The van der Waals surface area contributed by atoms with Crippen molar-refractivity contribution in [2.45, 2.75) is 40.3 Å². The number of amides is 1. The second kappa shape index (κ2) is 8.14. The summed E-state index contributed by atoms with van der Waals surface area (Å²) in [6.07, 6.45) is 0. The number of aromatic nitrogens is 2. The van der Waals surface area contributed by atoms with Crippen LogP contribution in [0, 0.1) is 13.8 Å². The lowest BCUT2D eigenvalue weighted by atomic mass is 10.2. The predicted molar refractivity (Wildman–Crippen MR) is 111 cm³/mol. The summed E-state index contributed by atoms with van der Waals surface area (Å²) in [4.78, 5) is 31.4. The molecule has 0 N–H and O–H groups in total. The highest BCUT2D eigenvalue weighted by molar-refractivity contribution is 7.18. The molecular weight excluding hydrogens is 374 g/mol. The lowest BCUT2D eigenvalue weighted by molar-refractivity contribution is -0.132. The summed E-state index contributed by atoms with van der Waals surface area (Å²) in [7, 11) is 1.79. The van der Waals surface area contributed by atoms with Crippen LogP contribution < -0.4 is 0 Å². The molecule has 28 heavy (non-hydrogen) atoms. The predicted octanol–water partition coefficient (Wildman–Crippen LogP) is 4.11. The van der Waals surface area contributed by atoms with E-state index in [2.05, 4.69) is 4.98 Å². The Morgan fingerprint density at radius 3 is 2.68 bits per heavy atom. The van der Waals surface area contributed by atoms with Crippen LogP contribution in [0.15, 0.2) is 30.3 Å². The molecule has 148 valence electrons. The highest BCUT2D eigenvalue weighted by atomic mass is 32.1. The Hall–Kier alpha value is -2.67. The van der Waals surface area contributed by atoms with Gasteiger partial charge < -0.3 is 14.2 Å². The fourth-order valence-electron chi connectivity index (χ4n) is 3.16. The van der Waals surface area contributed by atoms with Crippen LogP contribution in [0.3, 0.4) is 0 Å². The van der Waals surface area contributed by atoms with Gasteiger partial charge in [0.2, 0.25) is 5.91 Å². The average Bonchev–Trinajstić information content (AvgIpc) is 3.23. The normalized spacial score (nSPS) is 12.2. The van der Waals surface area contributed by atoms with Crippen molar-refractivity contribution in [1.29, 1.82) is 0 Å². The van der Waals surface area contributed by atoms with Crippen LogP contribution in [0.2, 0.25) is 0 Å². The van der Waals surface area contributed by atoms with Crippen molar-refractivity contribution in [3.63, 3.8) is 0 Å².